The number of amides is 1. The van der Waals surface area contributed by atoms with E-state index >= 15 is 0 Å². The SMILES string of the molecule is COc1ccc(C2=CC3(CCCCC3)N3C(=O)CCN3c3ccccc32)cc1. The first-order valence-corrected chi connectivity index (χ1v) is 10.3. The van der Waals surface area contributed by atoms with Crippen molar-refractivity contribution in [1.82, 2.24) is 5.01 Å². The van der Waals surface area contributed by atoms with Gasteiger partial charge in [0.2, 0.25) is 5.91 Å². The number of rotatable bonds is 2. The summed E-state index contributed by atoms with van der Waals surface area (Å²) in [6.45, 7) is 0.765. The monoisotopic (exact) mass is 374 g/mol. The number of hydrogen-bond acceptors (Lipinski definition) is 3. The Labute approximate surface area is 166 Å². The molecule has 2 aromatic carbocycles. The van der Waals surface area contributed by atoms with Crippen molar-refractivity contribution in [3.63, 3.8) is 0 Å². The van der Waals surface area contributed by atoms with Gasteiger partial charge in [-0.3, -0.25) is 9.80 Å². The molecule has 4 nitrogen and oxygen atoms in total. The minimum Gasteiger partial charge on any atom is -0.497 e. The highest BCUT2D eigenvalue weighted by Crippen LogP contribution is 2.47. The van der Waals surface area contributed by atoms with E-state index in [2.05, 4.69) is 52.5 Å². The maximum Gasteiger partial charge on any atom is 0.243 e. The van der Waals surface area contributed by atoms with Crippen LogP contribution in [0.1, 0.15) is 49.7 Å². The molecule has 0 aromatic heterocycles. The van der Waals surface area contributed by atoms with E-state index in [1.165, 1.54) is 36.0 Å². The number of carbonyl (C=O) groups is 1. The Balaban J connectivity index is 1.73. The fourth-order valence-electron chi connectivity index (χ4n) is 5.12. The van der Waals surface area contributed by atoms with Crippen LogP contribution in [0.25, 0.3) is 5.57 Å². The van der Waals surface area contributed by atoms with Crippen molar-refractivity contribution < 1.29 is 9.53 Å². The van der Waals surface area contributed by atoms with Gasteiger partial charge in [-0.25, -0.2) is 5.01 Å². The molecule has 0 atom stereocenters. The molecule has 1 aliphatic carbocycles. The van der Waals surface area contributed by atoms with Crippen LogP contribution in [-0.4, -0.2) is 30.1 Å². The lowest BCUT2D eigenvalue weighted by Crippen LogP contribution is -2.55. The lowest BCUT2D eigenvalue weighted by Gasteiger charge is -2.46. The molecule has 0 N–H and O–H groups in total. The fraction of sp³-hybridized carbons (Fsp3) is 0.375. The summed E-state index contributed by atoms with van der Waals surface area (Å²) in [7, 11) is 1.69. The van der Waals surface area contributed by atoms with Crippen molar-refractivity contribution in [2.24, 2.45) is 0 Å². The smallest absolute Gasteiger partial charge is 0.243 e. The maximum atomic E-state index is 13.0. The third-order valence-corrected chi connectivity index (χ3v) is 6.44. The van der Waals surface area contributed by atoms with Crippen LogP contribution in [0.15, 0.2) is 54.6 Å². The molecule has 144 valence electrons. The molecule has 28 heavy (non-hydrogen) atoms. The predicted molar refractivity (Wildman–Crippen MR) is 111 cm³/mol. The van der Waals surface area contributed by atoms with E-state index < -0.39 is 0 Å². The zero-order chi connectivity index (χ0) is 19.1. The molecule has 2 heterocycles. The van der Waals surface area contributed by atoms with E-state index in [0.29, 0.717) is 6.42 Å². The van der Waals surface area contributed by atoms with Gasteiger partial charge in [0.05, 0.1) is 18.3 Å². The van der Waals surface area contributed by atoms with Crippen LogP contribution in [0.2, 0.25) is 0 Å². The number of carbonyl (C=O) groups excluding carboxylic acids is 1. The van der Waals surface area contributed by atoms with Gasteiger partial charge in [-0.15, -0.1) is 0 Å². The van der Waals surface area contributed by atoms with Gasteiger partial charge in [0, 0.05) is 18.5 Å². The van der Waals surface area contributed by atoms with Crippen LogP contribution in [0.5, 0.6) is 5.75 Å². The molecule has 2 aromatic rings. The average Bonchev–Trinajstić information content (AvgIpc) is 3.10. The Hall–Kier alpha value is -2.75. The summed E-state index contributed by atoms with van der Waals surface area (Å²) >= 11 is 0. The summed E-state index contributed by atoms with van der Waals surface area (Å²) in [5.41, 5.74) is 4.52. The molecule has 1 spiro atoms. The Morgan fingerprint density at radius 2 is 1.71 bits per heavy atom. The quantitative estimate of drug-likeness (QED) is 0.757. The Bertz CT molecular complexity index is 926. The van der Waals surface area contributed by atoms with Crippen LogP contribution in [0.4, 0.5) is 5.69 Å². The second-order valence-corrected chi connectivity index (χ2v) is 8.05. The summed E-state index contributed by atoms with van der Waals surface area (Å²) in [6, 6.07) is 16.8. The Morgan fingerprint density at radius 1 is 0.964 bits per heavy atom. The van der Waals surface area contributed by atoms with Gasteiger partial charge >= 0.3 is 0 Å². The van der Waals surface area contributed by atoms with Gasteiger partial charge < -0.3 is 4.74 Å². The van der Waals surface area contributed by atoms with Gasteiger partial charge in [0.25, 0.3) is 0 Å². The fourth-order valence-corrected chi connectivity index (χ4v) is 5.12. The average molecular weight is 374 g/mol. The third kappa shape index (κ3) is 2.62. The number of anilines is 1. The van der Waals surface area contributed by atoms with Crippen LogP contribution in [0, 0.1) is 0 Å². The highest BCUT2D eigenvalue weighted by molar-refractivity contribution is 5.92. The summed E-state index contributed by atoms with van der Waals surface area (Å²) in [6.07, 6.45) is 8.65. The van der Waals surface area contributed by atoms with Crippen molar-refractivity contribution in [2.45, 2.75) is 44.1 Å². The predicted octanol–water partition coefficient (Wildman–Crippen LogP) is 4.80. The number of nitrogens with zero attached hydrogens (tertiary/aromatic N) is 2. The molecular weight excluding hydrogens is 348 g/mol. The minimum absolute atomic E-state index is 0.222. The maximum absolute atomic E-state index is 13.0. The standard InChI is InChI=1S/C24H26N2O2/c1-28-19-11-9-18(10-12-19)21-17-24(14-5-2-6-15-24)26-23(27)13-16-25(26)22-8-4-3-7-20(21)22/h3-4,7-12,17H,2,5-6,13-16H2,1H3. The normalized spacial score (nSPS) is 20.5. The second-order valence-electron chi connectivity index (χ2n) is 8.05. The summed E-state index contributed by atoms with van der Waals surface area (Å²) in [5, 5.41) is 4.34. The molecular formula is C24H26N2O2. The molecule has 2 aliphatic heterocycles. The van der Waals surface area contributed by atoms with E-state index in [0.717, 1.165) is 30.8 Å². The first kappa shape index (κ1) is 17.4. The first-order valence-electron chi connectivity index (χ1n) is 10.3. The molecule has 1 saturated carbocycles. The first-order chi connectivity index (χ1) is 13.7. The Kier molecular flexibility index (Phi) is 4.15. The molecule has 0 radical (unpaired) electrons. The van der Waals surface area contributed by atoms with E-state index in [9.17, 15) is 4.79 Å². The summed E-state index contributed by atoms with van der Waals surface area (Å²) < 4.78 is 5.35. The van der Waals surface area contributed by atoms with E-state index in [4.69, 9.17) is 4.74 Å². The van der Waals surface area contributed by atoms with Gasteiger partial charge in [-0.2, -0.15) is 0 Å². The molecule has 1 amide bonds. The molecule has 2 fully saturated rings. The highest BCUT2D eigenvalue weighted by Gasteiger charge is 2.47. The molecule has 1 saturated heterocycles. The molecule has 4 heteroatoms. The molecule has 3 aliphatic rings. The lowest BCUT2D eigenvalue weighted by molar-refractivity contribution is -0.133. The molecule has 0 unspecified atom stereocenters. The van der Waals surface area contributed by atoms with Crippen LogP contribution in [-0.2, 0) is 4.79 Å². The van der Waals surface area contributed by atoms with E-state index in [1.807, 2.05) is 12.1 Å². The van der Waals surface area contributed by atoms with Crippen molar-refractivity contribution >= 4 is 17.2 Å². The topological polar surface area (TPSA) is 32.8 Å². The van der Waals surface area contributed by atoms with Crippen molar-refractivity contribution in [3.8, 4) is 5.75 Å². The zero-order valence-corrected chi connectivity index (χ0v) is 16.4. The number of fused-ring (bicyclic) bond motifs is 4. The number of hydrazine groups is 1. The van der Waals surface area contributed by atoms with Gasteiger partial charge in [-0.1, -0.05) is 49.6 Å². The van der Waals surface area contributed by atoms with E-state index in [-0.39, 0.29) is 11.4 Å². The molecule has 0 bridgehead atoms. The lowest BCUT2D eigenvalue weighted by atomic mass is 9.78. The van der Waals surface area contributed by atoms with E-state index in [1.54, 1.807) is 7.11 Å². The third-order valence-electron chi connectivity index (χ3n) is 6.44. The number of hydrogen-bond donors (Lipinski definition) is 0. The minimum atomic E-state index is -0.222. The number of benzene rings is 2. The zero-order valence-electron chi connectivity index (χ0n) is 16.4. The summed E-state index contributed by atoms with van der Waals surface area (Å²) in [5.74, 6) is 1.11. The van der Waals surface area contributed by atoms with Crippen molar-refractivity contribution in [2.75, 3.05) is 18.7 Å². The van der Waals surface area contributed by atoms with Gasteiger partial charge in [-0.05, 0) is 48.3 Å². The number of ether oxygens (including phenoxy) is 1. The number of methoxy groups -OCH3 is 1. The van der Waals surface area contributed by atoms with Crippen LogP contribution >= 0.6 is 0 Å². The Morgan fingerprint density at radius 3 is 2.46 bits per heavy atom. The van der Waals surface area contributed by atoms with Crippen molar-refractivity contribution in [1.29, 1.82) is 0 Å². The van der Waals surface area contributed by atoms with Crippen molar-refractivity contribution in [3.05, 3.63) is 65.7 Å². The van der Waals surface area contributed by atoms with Crippen LogP contribution in [0.3, 0.4) is 0 Å². The second kappa shape index (κ2) is 6.69. The van der Waals surface area contributed by atoms with Crippen LogP contribution < -0.4 is 9.75 Å². The van der Waals surface area contributed by atoms with Gasteiger partial charge in [0.1, 0.15) is 5.75 Å². The largest absolute Gasteiger partial charge is 0.497 e. The molecule has 5 rings (SSSR count). The highest BCUT2D eigenvalue weighted by atomic mass is 16.5. The number of para-hydroxylation sites is 1. The van der Waals surface area contributed by atoms with Gasteiger partial charge in [0.15, 0.2) is 0 Å². The summed E-state index contributed by atoms with van der Waals surface area (Å²) in [4.78, 5) is 13.0.